The Bertz CT molecular complexity index is 1450. The minimum atomic E-state index is -0.845. The van der Waals surface area contributed by atoms with E-state index in [0.29, 0.717) is 24.3 Å². The Kier molecular flexibility index (Phi) is 9.25. The first-order chi connectivity index (χ1) is 20.3. The van der Waals surface area contributed by atoms with E-state index in [2.05, 4.69) is 0 Å². The van der Waals surface area contributed by atoms with Crippen LogP contribution in [-0.4, -0.2) is 39.4 Å². The second-order valence-corrected chi connectivity index (χ2v) is 11.0. The van der Waals surface area contributed by atoms with Crippen molar-refractivity contribution in [2.75, 3.05) is 27.4 Å². The Hall–Kier alpha value is -4.14. The van der Waals surface area contributed by atoms with Crippen molar-refractivity contribution in [1.82, 2.24) is 0 Å². The van der Waals surface area contributed by atoms with Crippen molar-refractivity contribution in [1.29, 1.82) is 0 Å². The van der Waals surface area contributed by atoms with E-state index in [0.717, 1.165) is 58.7 Å². The molecule has 4 N–H and O–H groups in total. The number of ether oxygens (including phenoxy) is 4. The zero-order chi connectivity index (χ0) is 29.6. The fraction of sp³-hybridized carbons (Fsp3) is 0.353. The molecule has 4 aromatic carbocycles. The normalized spacial score (nSPS) is 18.3. The van der Waals surface area contributed by atoms with Gasteiger partial charge in [0.05, 0.1) is 27.4 Å². The molecular formula is C34H38N2O6. The second-order valence-electron chi connectivity index (χ2n) is 11.0. The molecule has 42 heavy (non-hydrogen) atoms. The average Bonchev–Trinajstić information content (AvgIpc) is 3.04. The Labute approximate surface area is 245 Å². The molecule has 220 valence electrons. The quantitative estimate of drug-likeness (QED) is 0.236. The zero-order valence-corrected chi connectivity index (χ0v) is 24.1. The van der Waals surface area contributed by atoms with Crippen molar-refractivity contribution in [2.24, 2.45) is 23.3 Å². The van der Waals surface area contributed by atoms with Gasteiger partial charge >= 0.3 is 11.9 Å². The predicted molar refractivity (Wildman–Crippen MR) is 162 cm³/mol. The molecule has 0 heterocycles. The van der Waals surface area contributed by atoms with Crippen molar-refractivity contribution >= 4 is 33.5 Å². The van der Waals surface area contributed by atoms with Crippen molar-refractivity contribution < 1.29 is 28.5 Å². The van der Waals surface area contributed by atoms with E-state index in [-0.39, 0.29) is 11.8 Å². The maximum Gasteiger partial charge on any atom is 0.327 e. The zero-order valence-electron chi connectivity index (χ0n) is 24.1. The van der Waals surface area contributed by atoms with Crippen LogP contribution in [0.2, 0.25) is 0 Å². The fourth-order valence-corrected chi connectivity index (χ4v) is 5.54. The minimum Gasteiger partial charge on any atom is -0.497 e. The fourth-order valence-electron chi connectivity index (χ4n) is 5.54. The molecule has 2 atom stereocenters. The third-order valence-corrected chi connectivity index (χ3v) is 8.26. The van der Waals surface area contributed by atoms with Gasteiger partial charge in [-0.1, -0.05) is 36.4 Å². The average molecular weight is 571 g/mol. The summed E-state index contributed by atoms with van der Waals surface area (Å²) in [5.74, 6) is 1.21. The number of methoxy groups -OCH3 is 2. The van der Waals surface area contributed by atoms with Crippen LogP contribution in [0.4, 0.5) is 0 Å². The van der Waals surface area contributed by atoms with Gasteiger partial charge in [0.15, 0.2) is 0 Å². The van der Waals surface area contributed by atoms with E-state index < -0.39 is 24.0 Å². The number of benzene rings is 4. The first kappa shape index (κ1) is 29.4. The van der Waals surface area contributed by atoms with Crippen LogP contribution in [-0.2, 0) is 19.1 Å². The highest BCUT2D eigenvalue weighted by atomic mass is 16.5. The first-order valence-corrected chi connectivity index (χ1v) is 14.3. The Morgan fingerprint density at radius 2 is 0.976 bits per heavy atom. The molecule has 0 aromatic heterocycles. The minimum absolute atomic E-state index is 0.260. The molecular weight excluding hydrogens is 532 g/mol. The molecule has 1 fully saturated rings. The van der Waals surface area contributed by atoms with Gasteiger partial charge in [-0.2, -0.15) is 0 Å². The molecule has 0 bridgehead atoms. The van der Waals surface area contributed by atoms with Crippen molar-refractivity contribution in [3.63, 3.8) is 0 Å². The highest BCUT2D eigenvalue weighted by Crippen LogP contribution is 2.31. The number of carbonyl (C=O) groups excluding carboxylic acids is 2. The van der Waals surface area contributed by atoms with E-state index in [4.69, 9.17) is 30.4 Å². The topological polar surface area (TPSA) is 123 Å². The number of esters is 2. The number of carbonyl (C=O) groups is 2. The summed E-state index contributed by atoms with van der Waals surface area (Å²) in [5.41, 5.74) is 13.9. The van der Waals surface area contributed by atoms with Gasteiger partial charge in [0.2, 0.25) is 0 Å². The van der Waals surface area contributed by atoms with Crippen LogP contribution in [0.5, 0.6) is 11.5 Å². The molecule has 4 aromatic rings. The SMILES string of the molecule is COc1ccc2cc([C@H](N)C(=O)OCC3CCC(COC(=O)[C@@H](N)c4ccc5cc(OC)ccc5c4)CC3)ccc2c1. The lowest BCUT2D eigenvalue weighted by Gasteiger charge is -2.28. The van der Waals surface area contributed by atoms with Gasteiger partial charge in [-0.15, -0.1) is 0 Å². The van der Waals surface area contributed by atoms with Crippen LogP contribution in [0.25, 0.3) is 21.5 Å². The molecule has 5 rings (SSSR count). The third-order valence-electron chi connectivity index (χ3n) is 8.26. The second kappa shape index (κ2) is 13.2. The summed E-state index contributed by atoms with van der Waals surface area (Å²) in [6.45, 7) is 0.672. The summed E-state index contributed by atoms with van der Waals surface area (Å²) >= 11 is 0. The Morgan fingerprint density at radius 3 is 1.36 bits per heavy atom. The van der Waals surface area contributed by atoms with Gasteiger partial charge in [-0.25, -0.2) is 9.59 Å². The highest BCUT2D eigenvalue weighted by Gasteiger charge is 2.26. The number of rotatable bonds is 10. The van der Waals surface area contributed by atoms with Crippen LogP contribution < -0.4 is 20.9 Å². The van der Waals surface area contributed by atoms with E-state index in [1.807, 2.05) is 72.8 Å². The molecule has 1 saturated carbocycles. The maximum absolute atomic E-state index is 12.7. The van der Waals surface area contributed by atoms with Gasteiger partial charge in [0.25, 0.3) is 0 Å². The van der Waals surface area contributed by atoms with Gasteiger partial charge < -0.3 is 30.4 Å². The first-order valence-electron chi connectivity index (χ1n) is 14.3. The summed E-state index contributed by atoms with van der Waals surface area (Å²) in [6.07, 6.45) is 3.57. The summed E-state index contributed by atoms with van der Waals surface area (Å²) in [7, 11) is 3.26. The lowest BCUT2D eigenvalue weighted by atomic mass is 9.83. The summed E-state index contributed by atoms with van der Waals surface area (Å²) in [6, 6.07) is 21.2. The van der Waals surface area contributed by atoms with Crippen LogP contribution >= 0.6 is 0 Å². The van der Waals surface area contributed by atoms with E-state index in [1.165, 1.54) is 0 Å². The van der Waals surface area contributed by atoms with Gasteiger partial charge in [0.1, 0.15) is 23.6 Å². The van der Waals surface area contributed by atoms with Crippen LogP contribution in [0, 0.1) is 11.8 Å². The Morgan fingerprint density at radius 1 is 0.619 bits per heavy atom. The lowest BCUT2D eigenvalue weighted by molar-refractivity contribution is -0.149. The molecule has 0 unspecified atom stereocenters. The van der Waals surface area contributed by atoms with E-state index in [1.54, 1.807) is 14.2 Å². The monoisotopic (exact) mass is 570 g/mol. The lowest BCUT2D eigenvalue weighted by Crippen LogP contribution is -2.29. The number of nitrogens with two attached hydrogens (primary N) is 2. The van der Waals surface area contributed by atoms with Gasteiger partial charge in [-0.3, -0.25) is 0 Å². The van der Waals surface area contributed by atoms with Crippen molar-refractivity contribution in [3.8, 4) is 11.5 Å². The van der Waals surface area contributed by atoms with Gasteiger partial charge in [-0.05, 0) is 107 Å². The molecule has 0 amide bonds. The molecule has 0 aliphatic heterocycles. The van der Waals surface area contributed by atoms with Crippen molar-refractivity contribution in [2.45, 2.75) is 37.8 Å². The van der Waals surface area contributed by atoms with Crippen molar-refractivity contribution in [3.05, 3.63) is 83.9 Å². The Balaban J connectivity index is 1.05. The molecule has 0 saturated heterocycles. The third kappa shape index (κ3) is 6.83. The molecule has 1 aliphatic rings. The molecule has 8 heteroatoms. The molecule has 0 radical (unpaired) electrons. The molecule has 8 nitrogen and oxygen atoms in total. The summed E-state index contributed by atoms with van der Waals surface area (Å²) in [4.78, 5) is 25.4. The summed E-state index contributed by atoms with van der Waals surface area (Å²) < 4.78 is 21.8. The number of hydrogen-bond acceptors (Lipinski definition) is 8. The molecule has 0 spiro atoms. The van der Waals surface area contributed by atoms with Crippen LogP contribution in [0.1, 0.15) is 48.9 Å². The predicted octanol–water partition coefficient (Wildman–Crippen LogP) is 5.60. The highest BCUT2D eigenvalue weighted by molar-refractivity contribution is 5.87. The van der Waals surface area contributed by atoms with E-state index in [9.17, 15) is 9.59 Å². The number of fused-ring (bicyclic) bond motifs is 2. The standard InChI is InChI=1S/C34H38N2O6/c1-39-29-13-11-23-15-27(9-7-25(23)17-29)31(35)33(37)41-19-21-3-5-22(6-4-21)20-42-34(38)32(36)28-10-8-26-18-30(40-2)14-12-24(26)16-28/h7-18,21-22,31-32H,3-6,19-20,35-36H2,1-2H3/t21?,22?,31-,32-/m0/s1. The van der Waals surface area contributed by atoms with Gasteiger partial charge in [0, 0.05) is 0 Å². The largest absolute Gasteiger partial charge is 0.497 e. The van der Waals surface area contributed by atoms with Crippen LogP contribution in [0.15, 0.2) is 72.8 Å². The molecule has 1 aliphatic carbocycles. The maximum atomic E-state index is 12.7. The van der Waals surface area contributed by atoms with Crippen LogP contribution in [0.3, 0.4) is 0 Å². The van der Waals surface area contributed by atoms with E-state index >= 15 is 0 Å². The smallest absolute Gasteiger partial charge is 0.327 e. The number of hydrogen-bond donors (Lipinski definition) is 2. The summed E-state index contributed by atoms with van der Waals surface area (Å²) in [5, 5.41) is 3.99.